The lowest BCUT2D eigenvalue weighted by Gasteiger charge is -2.18. The first-order valence-electron chi connectivity index (χ1n) is 5.51. The molecule has 1 aromatic rings. The van der Waals surface area contributed by atoms with E-state index in [1.54, 1.807) is 6.07 Å². The summed E-state index contributed by atoms with van der Waals surface area (Å²) in [6, 6.07) is 5.44. The molecule has 0 aliphatic rings. The molecule has 1 aromatic carbocycles. The normalized spacial score (nSPS) is 13.6. The third-order valence-corrected chi connectivity index (χ3v) is 4.00. The molecule has 0 spiro atoms. The van der Waals surface area contributed by atoms with E-state index in [4.69, 9.17) is 5.73 Å². The average Bonchev–Trinajstić information content (AvgIpc) is 2.36. The van der Waals surface area contributed by atoms with Crippen LogP contribution in [0.1, 0.15) is 13.3 Å². The summed E-state index contributed by atoms with van der Waals surface area (Å²) in [6.45, 7) is 2.16. The first kappa shape index (κ1) is 14.8. The molecule has 3 N–H and O–H groups in total. The fourth-order valence-electron chi connectivity index (χ4n) is 1.48. The van der Waals surface area contributed by atoms with Gasteiger partial charge in [0, 0.05) is 12.6 Å². The molecule has 0 aromatic heterocycles. The zero-order valence-corrected chi connectivity index (χ0v) is 10.8. The van der Waals surface area contributed by atoms with E-state index in [0.717, 1.165) is 6.07 Å². The largest absolute Gasteiger partial charge is 0.380 e. The molecular formula is C11H16F2N2O2S. The van der Waals surface area contributed by atoms with Gasteiger partial charge in [0.25, 0.3) is 0 Å². The van der Waals surface area contributed by atoms with Gasteiger partial charge in [-0.2, -0.15) is 8.78 Å². The van der Waals surface area contributed by atoms with Crippen molar-refractivity contribution in [3.05, 3.63) is 24.3 Å². The third-order valence-electron chi connectivity index (χ3n) is 2.57. The number of nitrogens with one attached hydrogen (secondary N) is 1. The molecule has 0 saturated carbocycles. The summed E-state index contributed by atoms with van der Waals surface area (Å²) < 4.78 is 48.1. The predicted molar refractivity (Wildman–Crippen MR) is 66.4 cm³/mol. The van der Waals surface area contributed by atoms with Gasteiger partial charge in [-0.3, -0.25) is 0 Å². The smallest absolute Gasteiger partial charge is 0.341 e. The molecule has 0 aliphatic carbocycles. The maximum Gasteiger partial charge on any atom is 0.341 e. The minimum atomic E-state index is -4.61. The highest BCUT2D eigenvalue weighted by atomic mass is 32.2. The van der Waals surface area contributed by atoms with Gasteiger partial charge in [0.1, 0.15) is 0 Å². The van der Waals surface area contributed by atoms with Crippen LogP contribution in [0.2, 0.25) is 0 Å². The Morgan fingerprint density at radius 2 is 1.94 bits per heavy atom. The monoisotopic (exact) mass is 278 g/mol. The number of alkyl halides is 2. The molecule has 0 fully saturated rings. The molecule has 7 heteroatoms. The van der Waals surface area contributed by atoms with E-state index < -0.39 is 20.5 Å². The molecule has 102 valence electrons. The van der Waals surface area contributed by atoms with Gasteiger partial charge in [-0.1, -0.05) is 19.1 Å². The first-order valence-corrected chi connectivity index (χ1v) is 7.05. The predicted octanol–water partition coefficient (Wildman–Crippen LogP) is 1.83. The van der Waals surface area contributed by atoms with Crippen LogP contribution in [0.25, 0.3) is 0 Å². The molecule has 0 amide bonds. The second-order valence-electron chi connectivity index (χ2n) is 3.79. The average molecular weight is 278 g/mol. The summed E-state index contributed by atoms with van der Waals surface area (Å²) in [5, 5.41) is 2.87. The van der Waals surface area contributed by atoms with E-state index in [2.05, 4.69) is 5.32 Å². The number of benzene rings is 1. The third kappa shape index (κ3) is 3.17. The van der Waals surface area contributed by atoms with Gasteiger partial charge in [0.15, 0.2) is 0 Å². The van der Waals surface area contributed by atoms with Gasteiger partial charge in [-0.05, 0) is 18.6 Å². The van der Waals surface area contributed by atoms with Crippen molar-refractivity contribution in [2.75, 3.05) is 11.9 Å². The number of para-hydroxylation sites is 1. The highest BCUT2D eigenvalue weighted by Crippen LogP contribution is 2.26. The standard InChI is InChI=1S/C11H16F2N2O2S/c1-2-8(7-14)15-9-5-3-4-6-10(9)18(16,17)11(12)13/h3-6,8,11,15H,2,7,14H2,1H3. The quantitative estimate of drug-likeness (QED) is 0.832. The van der Waals surface area contributed by atoms with Crippen molar-refractivity contribution in [1.29, 1.82) is 0 Å². The van der Waals surface area contributed by atoms with Gasteiger partial charge in [0.05, 0.1) is 10.6 Å². The van der Waals surface area contributed by atoms with Crippen LogP contribution in [0.5, 0.6) is 0 Å². The number of hydrogen-bond acceptors (Lipinski definition) is 4. The zero-order chi connectivity index (χ0) is 13.8. The second-order valence-corrected chi connectivity index (χ2v) is 5.67. The first-order chi connectivity index (χ1) is 8.43. The Morgan fingerprint density at radius 1 is 1.33 bits per heavy atom. The van der Waals surface area contributed by atoms with Crippen molar-refractivity contribution in [2.24, 2.45) is 5.73 Å². The number of anilines is 1. The molecule has 0 saturated heterocycles. The Bertz CT molecular complexity index is 488. The fraction of sp³-hybridized carbons (Fsp3) is 0.455. The van der Waals surface area contributed by atoms with Crippen LogP contribution in [-0.2, 0) is 9.84 Å². The number of rotatable bonds is 6. The molecule has 0 bridgehead atoms. The summed E-state index contributed by atoms with van der Waals surface area (Å²) in [4.78, 5) is -0.396. The van der Waals surface area contributed by atoms with Crippen molar-refractivity contribution < 1.29 is 17.2 Å². The van der Waals surface area contributed by atoms with Gasteiger partial charge in [-0.15, -0.1) is 0 Å². The molecular weight excluding hydrogens is 262 g/mol. The highest BCUT2D eigenvalue weighted by molar-refractivity contribution is 7.91. The summed E-state index contributed by atoms with van der Waals surface area (Å²) in [7, 11) is -4.61. The maximum absolute atomic E-state index is 12.5. The van der Waals surface area contributed by atoms with Crippen LogP contribution in [0, 0.1) is 0 Å². The number of nitrogens with two attached hydrogens (primary N) is 1. The SMILES string of the molecule is CCC(CN)Nc1ccccc1S(=O)(=O)C(F)F. The topological polar surface area (TPSA) is 72.2 Å². The van der Waals surface area contributed by atoms with Crippen molar-refractivity contribution in [3.8, 4) is 0 Å². The second kappa shape index (κ2) is 6.10. The lowest BCUT2D eigenvalue weighted by Crippen LogP contribution is -2.29. The van der Waals surface area contributed by atoms with Gasteiger partial charge in [0.2, 0.25) is 9.84 Å². The van der Waals surface area contributed by atoms with Gasteiger partial charge >= 0.3 is 5.76 Å². The number of hydrogen-bond donors (Lipinski definition) is 2. The molecule has 0 heterocycles. The van der Waals surface area contributed by atoms with Crippen LogP contribution in [0.3, 0.4) is 0 Å². The Labute approximate surface area is 105 Å². The molecule has 1 atom stereocenters. The lowest BCUT2D eigenvalue weighted by atomic mass is 10.2. The Hall–Kier alpha value is -1.21. The minimum absolute atomic E-state index is 0.154. The van der Waals surface area contributed by atoms with E-state index in [1.165, 1.54) is 12.1 Å². The number of sulfone groups is 1. The van der Waals surface area contributed by atoms with E-state index in [-0.39, 0.29) is 11.7 Å². The van der Waals surface area contributed by atoms with Crippen LogP contribution in [-0.4, -0.2) is 26.8 Å². The van der Waals surface area contributed by atoms with Crippen LogP contribution < -0.4 is 11.1 Å². The summed E-state index contributed by atoms with van der Waals surface area (Å²) in [5.41, 5.74) is 5.65. The van der Waals surface area contributed by atoms with Crippen LogP contribution in [0.15, 0.2) is 29.2 Å². The molecule has 18 heavy (non-hydrogen) atoms. The van der Waals surface area contributed by atoms with E-state index in [9.17, 15) is 17.2 Å². The van der Waals surface area contributed by atoms with Crippen molar-refractivity contribution in [2.45, 2.75) is 30.0 Å². The Morgan fingerprint density at radius 3 is 2.44 bits per heavy atom. The Kier molecular flexibility index (Phi) is 5.03. The molecule has 4 nitrogen and oxygen atoms in total. The van der Waals surface area contributed by atoms with E-state index in [0.29, 0.717) is 13.0 Å². The molecule has 0 radical (unpaired) electrons. The van der Waals surface area contributed by atoms with Gasteiger partial charge < -0.3 is 11.1 Å². The van der Waals surface area contributed by atoms with Crippen LogP contribution >= 0.6 is 0 Å². The van der Waals surface area contributed by atoms with E-state index >= 15 is 0 Å². The van der Waals surface area contributed by atoms with Crippen molar-refractivity contribution >= 4 is 15.5 Å². The van der Waals surface area contributed by atoms with E-state index in [1.807, 2.05) is 6.92 Å². The number of halogens is 2. The minimum Gasteiger partial charge on any atom is -0.380 e. The lowest BCUT2D eigenvalue weighted by molar-refractivity contribution is 0.235. The fourth-order valence-corrected chi connectivity index (χ4v) is 2.37. The van der Waals surface area contributed by atoms with Crippen molar-refractivity contribution in [1.82, 2.24) is 0 Å². The summed E-state index contributed by atoms with van der Waals surface area (Å²) >= 11 is 0. The zero-order valence-electron chi connectivity index (χ0n) is 9.94. The molecule has 1 unspecified atom stereocenters. The highest BCUT2D eigenvalue weighted by Gasteiger charge is 2.29. The van der Waals surface area contributed by atoms with Crippen molar-refractivity contribution in [3.63, 3.8) is 0 Å². The maximum atomic E-state index is 12.5. The van der Waals surface area contributed by atoms with Crippen LogP contribution in [0.4, 0.5) is 14.5 Å². The Balaban J connectivity index is 3.15. The van der Waals surface area contributed by atoms with Gasteiger partial charge in [-0.25, -0.2) is 8.42 Å². The molecule has 1 rings (SSSR count). The summed E-state index contributed by atoms with van der Waals surface area (Å²) in [5.74, 6) is -3.43. The summed E-state index contributed by atoms with van der Waals surface area (Å²) in [6.07, 6.45) is 0.666. The molecule has 0 aliphatic heterocycles.